The lowest BCUT2D eigenvalue weighted by Gasteiger charge is -2.30. The van der Waals surface area contributed by atoms with Crippen molar-refractivity contribution in [3.05, 3.63) is 54.3 Å². The van der Waals surface area contributed by atoms with Gasteiger partial charge in [-0.25, -0.2) is 9.18 Å². The maximum atomic E-state index is 12.9. The largest absolute Gasteiger partial charge is 0.359 e. The van der Waals surface area contributed by atoms with Gasteiger partial charge in [0.15, 0.2) is 0 Å². The highest BCUT2D eigenvalue weighted by atomic mass is 19.1. The van der Waals surface area contributed by atoms with Crippen molar-refractivity contribution >= 4 is 29.0 Å². The van der Waals surface area contributed by atoms with Crippen molar-refractivity contribution < 1.29 is 14.0 Å². The van der Waals surface area contributed by atoms with Crippen molar-refractivity contribution in [3.63, 3.8) is 0 Å². The second-order valence-electron chi connectivity index (χ2n) is 5.37. The summed E-state index contributed by atoms with van der Waals surface area (Å²) in [6.45, 7) is 1.48. The van der Waals surface area contributed by atoms with E-state index in [1.807, 2.05) is 17.0 Å². The number of carbonyl (C=O) groups excluding carboxylic acids is 2. The number of amides is 3. The van der Waals surface area contributed by atoms with E-state index < -0.39 is 6.03 Å². The molecule has 3 N–H and O–H groups in total. The van der Waals surface area contributed by atoms with Crippen LogP contribution in [0.1, 0.15) is 0 Å². The minimum Gasteiger partial charge on any atom is -0.359 e. The van der Waals surface area contributed by atoms with Gasteiger partial charge in [-0.05, 0) is 36.4 Å². The highest BCUT2D eigenvalue weighted by molar-refractivity contribution is 6.02. The molecule has 1 aliphatic heterocycles. The smallest absolute Gasteiger partial charge is 0.323 e. The monoisotopic (exact) mass is 328 g/mol. The predicted molar refractivity (Wildman–Crippen MR) is 90.7 cm³/mol. The third kappa shape index (κ3) is 3.81. The number of hydrogen-bond acceptors (Lipinski definition) is 3. The number of anilines is 3. The van der Waals surface area contributed by atoms with Crippen molar-refractivity contribution in [2.45, 2.75) is 0 Å². The lowest BCUT2D eigenvalue weighted by molar-refractivity contribution is -0.120. The van der Waals surface area contributed by atoms with E-state index in [2.05, 4.69) is 16.0 Å². The molecule has 2 aromatic carbocycles. The quantitative estimate of drug-likeness (QED) is 0.810. The van der Waals surface area contributed by atoms with Gasteiger partial charge in [0, 0.05) is 18.8 Å². The first kappa shape index (κ1) is 15.8. The summed E-state index contributed by atoms with van der Waals surface area (Å²) in [7, 11) is 0. The summed E-state index contributed by atoms with van der Waals surface area (Å²) in [5.41, 5.74) is 1.87. The van der Waals surface area contributed by atoms with Gasteiger partial charge in [0.2, 0.25) is 5.91 Å². The normalized spacial score (nSPS) is 14.0. The third-order valence-corrected chi connectivity index (χ3v) is 3.63. The topological polar surface area (TPSA) is 73.5 Å². The van der Waals surface area contributed by atoms with Crippen LogP contribution < -0.4 is 20.9 Å². The summed E-state index contributed by atoms with van der Waals surface area (Å²) < 4.78 is 12.9. The van der Waals surface area contributed by atoms with E-state index in [0.29, 0.717) is 24.5 Å². The van der Waals surface area contributed by atoms with Gasteiger partial charge in [-0.3, -0.25) is 4.79 Å². The lowest BCUT2D eigenvalue weighted by Crippen LogP contribution is -2.48. The average molecular weight is 328 g/mol. The van der Waals surface area contributed by atoms with Gasteiger partial charge in [-0.1, -0.05) is 12.1 Å². The predicted octanol–water partition coefficient (Wildman–Crippen LogP) is 2.41. The number of hydrogen-bond donors (Lipinski definition) is 3. The maximum Gasteiger partial charge on any atom is 0.323 e. The molecule has 1 heterocycles. The highest BCUT2D eigenvalue weighted by Crippen LogP contribution is 2.26. The molecule has 3 amide bonds. The van der Waals surface area contributed by atoms with Gasteiger partial charge in [-0.2, -0.15) is 0 Å². The fourth-order valence-electron chi connectivity index (χ4n) is 2.52. The number of nitrogens with zero attached hydrogens (tertiary/aromatic N) is 1. The molecule has 0 aliphatic carbocycles. The zero-order valence-corrected chi connectivity index (χ0v) is 12.9. The third-order valence-electron chi connectivity index (χ3n) is 3.63. The van der Waals surface area contributed by atoms with Crippen LogP contribution in [0.15, 0.2) is 48.5 Å². The van der Waals surface area contributed by atoms with E-state index in [-0.39, 0.29) is 18.3 Å². The summed E-state index contributed by atoms with van der Waals surface area (Å²) in [5.74, 6) is -0.415. The Morgan fingerprint density at radius 2 is 1.83 bits per heavy atom. The van der Waals surface area contributed by atoms with E-state index in [1.165, 1.54) is 24.3 Å². The molecule has 2 aromatic rings. The van der Waals surface area contributed by atoms with Gasteiger partial charge < -0.3 is 20.9 Å². The molecule has 7 heteroatoms. The Balaban J connectivity index is 1.71. The SMILES string of the molecule is O=C1CN(c2ccccc2NC(=O)Nc2ccc(F)cc2)CCN1. The average Bonchev–Trinajstić information content (AvgIpc) is 2.57. The fourth-order valence-corrected chi connectivity index (χ4v) is 2.52. The Morgan fingerprint density at radius 3 is 2.58 bits per heavy atom. The van der Waals surface area contributed by atoms with E-state index in [1.54, 1.807) is 12.1 Å². The van der Waals surface area contributed by atoms with Gasteiger partial charge >= 0.3 is 6.03 Å². The summed E-state index contributed by atoms with van der Waals surface area (Å²) >= 11 is 0. The van der Waals surface area contributed by atoms with Crippen LogP contribution in [0.4, 0.5) is 26.2 Å². The van der Waals surface area contributed by atoms with Crippen molar-refractivity contribution in [1.29, 1.82) is 0 Å². The number of halogens is 1. The maximum absolute atomic E-state index is 12.9. The number of para-hydroxylation sites is 2. The lowest BCUT2D eigenvalue weighted by atomic mass is 10.2. The second-order valence-corrected chi connectivity index (χ2v) is 5.37. The summed E-state index contributed by atoms with van der Waals surface area (Å²) in [6, 6.07) is 12.4. The van der Waals surface area contributed by atoms with Gasteiger partial charge in [0.1, 0.15) is 5.82 Å². The number of rotatable bonds is 3. The molecule has 0 saturated carbocycles. The molecule has 0 atom stereocenters. The Hall–Kier alpha value is -3.09. The molecular weight excluding hydrogens is 311 g/mol. The number of nitrogens with one attached hydrogen (secondary N) is 3. The molecule has 1 fully saturated rings. The molecule has 1 saturated heterocycles. The molecule has 0 bridgehead atoms. The number of carbonyl (C=O) groups is 2. The zero-order chi connectivity index (χ0) is 16.9. The van der Waals surface area contributed by atoms with Crippen molar-refractivity contribution in [2.75, 3.05) is 35.2 Å². The van der Waals surface area contributed by atoms with E-state index >= 15 is 0 Å². The molecule has 0 unspecified atom stereocenters. The Morgan fingerprint density at radius 1 is 1.08 bits per heavy atom. The van der Waals surface area contributed by atoms with Crippen LogP contribution >= 0.6 is 0 Å². The summed E-state index contributed by atoms with van der Waals surface area (Å²) in [4.78, 5) is 25.6. The first-order valence-electron chi connectivity index (χ1n) is 7.56. The van der Waals surface area contributed by atoms with Crippen LogP contribution in [0.5, 0.6) is 0 Å². The Labute approximate surface area is 138 Å². The van der Waals surface area contributed by atoms with Crippen LogP contribution in [0.2, 0.25) is 0 Å². The molecule has 0 radical (unpaired) electrons. The number of urea groups is 1. The Bertz CT molecular complexity index is 749. The first-order chi connectivity index (χ1) is 11.6. The Kier molecular flexibility index (Phi) is 4.60. The highest BCUT2D eigenvalue weighted by Gasteiger charge is 2.19. The molecule has 0 aromatic heterocycles. The minimum absolute atomic E-state index is 0.0492. The molecule has 124 valence electrons. The summed E-state index contributed by atoms with van der Waals surface area (Å²) in [5, 5.41) is 8.18. The summed E-state index contributed by atoms with van der Waals surface area (Å²) in [6.07, 6.45) is 0. The van der Waals surface area contributed by atoms with E-state index in [9.17, 15) is 14.0 Å². The minimum atomic E-state index is -0.435. The van der Waals surface area contributed by atoms with Gasteiger partial charge in [0.25, 0.3) is 0 Å². The second kappa shape index (κ2) is 6.99. The standard InChI is InChI=1S/C17H17FN4O2/c18-12-5-7-13(8-6-12)20-17(24)21-14-3-1-2-4-15(14)22-10-9-19-16(23)11-22/h1-8H,9-11H2,(H,19,23)(H2,20,21,24). The zero-order valence-electron chi connectivity index (χ0n) is 12.9. The van der Waals surface area contributed by atoms with Crippen LogP contribution in [0.3, 0.4) is 0 Å². The van der Waals surface area contributed by atoms with Crippen molar-refractivity contribution in [2.24, 2.45) is 0 Å². The van der Waals surface area contributed by atoms with Gasteiger partial charge in [-0.15, -0.1) is 0 Å². The van der Waals surface area contributed by atoms with Crippen LogP contribution in [0.25, 0.3) is 0 Å². The van der Waals surface area contributed by atoms with Crippen LogP contribution in [-0.4, -0.2) is 31.6 Å². The van der Waals surface area contributed by atoms with Crippen molar-refractivity contribution in [3.8, 4) is 0 Å². The van der Waals surface area contributed by atoms with E-state index in [4.69, 9.17) is 0 Å². The van der Waals surface area contributed by atoms with Crippen LogP contribution in [0, 0.1) is 5.82 Å². The molecule has 1 aliphatic rings. The number of benzene rings is 2. The van der Waals surface area contributed by atoms with Crippen LogP contribution in [-0.2, 0) is 4.79 Å². The number of piperazine rings is 1. The molecule has 6 nitrogen and oxygen atoms in total. The fraction of sp³-hybridized carbons (Fsp3) is 0.176. The molecular formula is C17H17FN4O2. The first-order valence-corrected chi connectivity index (χ1v) is 7.56. The molecule has 0 spiro atoms. The molecule has 3 rings (SSSR count). The molecule has 24 heavy (non-hydrogen) atoms. The van der Waals surface area contributed by atoms with E-state index in [0.717, 1.165) is 5.69 Å². The van der Waals surface area contributed by atoms with Gasteiger partial charge in [0.05, 0.1) is 17.9 Å². The van der Waals surface area contributed by atoms with Crippen molar-refractivity contribution in [1.82, 2.24) is 5.32 Å².